The lowest BCUT2D eigenvalue weighted by Crippen LogP contribution is -2.32. The van der Waals surface area contributed by atoms with E-state index in [-0.39, 0.29) is 4.21 Å². The Morgan fingerprint density at radius 2 is 2.12 bits per heavy atom. The van der Waals surface area contributed by atoms with Crippen LogP contribution in [0.25, 0.3) is 0 Å². The fourth-order valence-corrected chi connectivity index (χ4v) is 5.35. The predicted molar refractivity (Wildman–Crippen MR) is 69.7 cm³/mol. The Labute approximate surface area is 109 Å². The number of rotatable bonds is 2. The van der Waals surface area contributed by atoms with Gasteiger partial charge < -0.3 is 0 Å². The van der Waals surface area contributed by atoms with E-state index in [1.807, 2.05) is 6.07 Å². The SMILES string of the molecule is N#Cc1ccc(S(=O)(=O)N2CCCSCC2)s1. The van der Waals surface area contributed by atoms with E-state index in [1.54, 1.807) is 17.8 Å². The smallest absolute Gasteiger partial charge is 0.206 e. The molecule has 1 aromatic rings. The molecule has 4 nitrogen and oxygen atoms in total. The third kappa shape index (κ3) is 2.83. The largest absolute Gasteiger partial charge is 0.252 e. The lowest BCUT2D eigenvalue weighted by molar-refractivity contribution is 0.436. The van der Waals surface area contributed by atoms with Crippen LogP contribution in [0.1, 0.15) is 11.3 Å². The fraction of sp³-hybridized carbons (Fsp3) is 0.500. The molecule has 1 fully saturated rings. The average molecular weight is 288 g/mol. The van der Waals surface area contributed by atoms with Crippen LogP contribution in [-0.4, -0.2) is 37.3 Å². The van der Waals surface area contributed by atoms with Gasteiger partial charge in [-0.1, -0.05) is 0 Å². The van der Waals surface area contributed by atoms with Gasteiger partial charge in [-0.2, -0.15) is 21.3 Å². The van der Waals surface area contributed by atoms with Crippen molar-refractivity contribution in [3.63, 3.8) is 0 Å². The maximum Gasteiger partial charge on any atom is 0.252 e. The molecule has 0 amide bonds. The third-order valence-electron chi connectivity index (χ3n) is 2.47. The van der Waals surface area contributed by atoms with Gasteiger partial charge in [0.05, 0.1) is 0 Å². The van der Waals surface area contributed by atoms with Crippen molar-refractivity contribution in [3.8, 4) is 6.07 Å². The van der Waals surface area contributed by atoms with Gasteiger partial charge in [0.1, 0.15) is 15.2 Å². The summed E-state index contributed by atoms with van der Waals surface area (Å²) in [5.41, 5.74) is 0. The molecular formula is C10H12N2O2S3. The van der Waals surface area contributed by atoms with Gasteiger partial charge in [-0.05, 0) is 24.3 Å². The Balaban J connectivity index is 2.25. The van der Waals surface area contributed by atoms with Crippen molar-refractivity contribution in [2.45, 2.75) is 10.6 Å². The molecule has 1 aliphatic rings. The first-order chi connectivity index (χ1) is 8.14. The Bertz CT molecular complexity index is 522. The minimum absolute atomic E-state index is 0.279. The molecule has 1 saturated heterocycles. The first-order valence-electron chi connectivity index (χ1n) is 5.22. The highest BCUT2D eigenvalue weighted by Gasteiger charge is 2.26. The zero-order chi connectivity index (χ0) is 12.3. The van der Waals surface area contributed by atoms with Crippen molar-refractivity contribution >= 4 is 33.1 Å². The van der Waals surface area contributed by atoms with Crippen molar-refractivity contribution in [2.24, 2.45) is 0 Å². The lowest BCUT2D eigenvalue weighted by atomic mass is 10.5. The molecule has 0 spiro atoms. The van der Waals surface area contributed by atoms with E-state index in [2.05, 4.69) is 0 Å². The number of sulfonamides is 1. The van der Waals surface area contributed by atoms with Gasteiger partial charge >= 0.3 is 0 Å². The summed E-state index contributed by atoms with van der Waals surface area (Å²) in [5, 5.41) is 8.72. The molecule has 17 heavy (non-hydrogen) atoms. The van der Waals surface area contributed by atoms with Crippen LogP contribution in [0.4, 0.5) is 0 Å². The Kier molecular flexibility index (Phi) is 4.09. The highest BCUT2D eigenvalue weighted by Crippen LogP contribution is 2.26. The topological polar surface area (TPSA) is 61.2 Å². The summed E-state index contributed by atoms with van der Waals surface area (Å²) in [4.78, 5) is 0.438. The maximum atomic E-state index is 12.3. The lowest BCUT2D eigenvalue weighted by Gasteiger charge is -2.18. The molecule has 0 radical (unpaired) electrons. The molecule has 0 saturated carbocycles. The first kappa shape index (κ1) is 12.9. The quantitative estimate of drug-likeness (QED) is 0.832. The third-order valence-corrected chi connectivity index (χ3v) is 6.87. The molecule has 7 heteroatoms. The van der Waals surface area contributed by atoms with E-state index >= 15 is 0 Å². The Morgan fingerprint density at radius 3 is 2.82 bits per heavy atom. The number of nitrogens with zero attached hydrogens (tertiary/aromatic N) is 2. The molecule has 0 atom stereocenters. The Morgan fingerprint density at radius 1 is 1.29 bits per heavy atom. The number of hydrogen-bond donors (Lipinski definition) is 0. The molecule has 2 rings (SSSR count). The van der Waals surface area contributed by atoms with Crippen molar-refractivity contribution in [1.29, 1.82) is 5.26 Å². The second-order valence-electron chi connectivity index (χ2n) is 3.60. The van der Waals surface area contributed by atoms with Crippen LogP contribution >= 0.6 is 23.1 Å². The van der Waals surface area contributed by atoms with E-state index < -0.39 is 10.0 Å². The second kappa shape index (κ2) is 5.40. The zero-order valence-electron chi connectivity index (χ0n) is 9.13. The van der Waals surface area contributed by atoms with Crippen molar-refractivity contribution in [2.75, 3.05) is 24.6 Å². The highest BCUT2D eigenvalue weighted by molar-refractivity contribution is 7.99. The molecule has 2 heterocycles. The molecule has 0 aliphatic carbocycles. The number of nitriles is 1. The minimum Gasteiger partial charge on any atom is -0.206 e. The molecule has 0 N–H and O–H groups in total. The average Bonchev–Trinajstić information content (AvgIpc) is 2.64. The molecule has 1 aromatic heterocycles. The molecular weight excluding hydrogens is 276 g/mol. The molecule has 0 unspecified atom stereocenters. The van der Waals surface area contributed by atoms with Gasteiger partial charge in [-0.15, -0.1) is 11.3 Å². The standard InChI is InChI=1S/C10H12N2O2S3/c11-8-9-2-3-10(16-9)17(13,14)12-4-1-6-15-7-5-12/h2-3H,1,4-7H2. The zero-order valence-corrected chi connectivity index (χ0v) is 11.6. The second-order valence-corrected chi connectivity index (χ2v) is 8.07. The van der Waals surface area contributed by atoms with Crippen LogP contribution in [0, 0.1) is 11.3 Å². The summed E-state index contributed by atoms with van der Waals surface area (Å²) >= 11 is 2.83. The Hall–Kier alpha value is -0.550. The van der Waals surface area contributed by atoms with E-state index in [0.29, 0.717) is 18.0 Å². The molecule has 0 bridgehead atoms. The van der Waals surface area contributed by atoms with Gasteiger partial charge in [0, 0.05) is 18.8 Å². The van der Waals surface area contributed by atoms with Crippen LogP contribution in [0.2, 0.25) is 0 Å². The molecule has 1 aliphatic heterocycles. The van der Waals surface area contributed by atoms with Crippen LogP contribution in [0.5, 0.6) is 0 Å². The summed E-state index contributed by atoms with van der Waals surface area (Å²) in [6, 6.07) is 5.05. The van der Waals surface area contributed by atoms with Crippen molar-refractivity contribution in [3.05, 3.63) is 17.0 Å². The summed E-state index contributed by atoms with van der Waals surface area (Å²) in [6.45, 7) is 1.14. The van der Waals surface area contributed by atoms with Crippen molar-refractivity contribution < 1.29 is 8.42 Å². The molecule has 92 valence electrons. The number of hydrogen-bond acceptors (Lipinski definition) is 5. The number of thiophene rings is 1. The van der Waals surface area contributed by atoms with Crippen LogP contribution in [0.15, 0.2) is 16.3 Å². The summed E-state index contributed by atoms with van der Waals surface area (Å²) in [5.74, 6) is 1.86. The highest BCUT2D eigenvalue weighted by atomic mass is 32.2. The monoisotopic (exact) mass is 288 g/mol. The van der Waals surface area contributed by atoms with E-state index in [0.717, 1.165) is 29.3 Å². The van der Waals surface area contributed by atoms with Crippen LogP contribution in [0.3, 0.4) is 0 Å². The van der Waals surface area contributed by atoms with E-state index in [1.165, 1.54) is 10.4 Å². The summed E-state index contributed by atoms with van der Waals surface area (Å²) in [7, 11) is -3.39. The van der Waals surface area contributed by atoms with Gasteiger partial charge in [0.25, 0.3) is 10.0 Å². The fourth-order valence-electron chi connectivity index (χ4n) is 1.61. The summed E-state index contributed by atoms with van der Waals surface area (Å²) in [6.07, 6.45) is 0.889. The first-order valence-corrected chi connectivity index (χ1v) is 8.63. The van der Waals surface area contributed by atoms with E-state index in [9.17, 15) is 8.42 Å². The number of thioether (sulfide) groups is 1. The minimum atomic E-state index is -3.39. The van der Waals surface area contributed by atoms with Gasteiger partial charge in [-0.25, -0.2) is 8.42 Å². The van der Waals surface area contributed by atoms with Gasteiger partial charge in [0.2, 0.25) is 0 Å². The van der Waals surface area contributed by atoms with Crippen molar-refractivity contribution in [1.82, 2.24) is 4.31 Å². The van der Waals surface area contributed by atoms with Gasteiger partial charge in [-0.3, -0.25) is 0 Å². The predicted octanol–water partition coefficient (Wildman–Crippen LogP) is 1.75. The normalized spacial score (nSPS) is 18.5. The van der Waals surface area contributed by atoms with Gasteiger partial charge in [0.15, 0.2) is 0 Å². The molecule has 0 aromatic carbocycles. The van der Waals surface area contributed by atoms with E-state index in [4.69, 9.17) is 5.26 Å². The van der Waals surface area contributed by atoms with Crippen LogP contribution in [-0.2, 0) is 10.0 Å². The summed E-state index contributed by atoms with van der Waals surface area (Å²) < 4.78 is 26.4. The maximum absolute atomic E-state index is 12.3. The van der Waals surface area contributed by atoms with Crippen LogP contribution < -0.4 is 0 Å².